The first-order valence-corrected chi connectivity index (χ1v) is 8.66. The highest BCUT2D eigenvalue weighted by Crippen LogP contribution is 2.18. The number of hydrogen-bond donors (Lipinski definition) is 1. The topological polar surface area (TPSA) is 84.5 Å². The lowest BCUT2D eigenvalue weighted by Gasteiger charge is -2.34. The van der Waals surface area contributed by atoms with E-state index in [4.69, 9.17) is 28.4 Å². The molecular formula is C17H33NO7. The molecule has 0 bridgehead atoms. The van der Waals surface area contributed by atoms with Crippen molar-refractivity contribution in [2.24, 2.45) is 0 Å². The molecule has 0 saturated carbocycles. The SMILES string of the molecule is COCOCC(CCOC1CCCCO1)(NC(=O)OC(C)(C)C)OC. The molecule has 1 aliphatic heterocycles. The molecule has 0 spiro atoms. The van der Waals surface area contributed by atoms with Crippen molar-refractivity contribution < 1.29 is 33.2 Å². The molecule has 8 nitrogen and oxygen atoms in total. The minimum atomic E-state index is -1.07. The first-order valence-electron chi connectivity index (χ1n) is 8.66. The summed E-state index contributed by atoms with van der Waals surface area (Å²) in [5, 5.41) is 2.75. The van der Waals surface area contributed by atoms with E-state index < -0.39 is 17.4 Å². The van der Waals surface area contributed by atoms with Crippen molar-refractivity contribution in [3.8, 4) is 0 Å². The second-order valence-corrected chi connectivity index (χ2v) is 7.00. The zero-order valence-corrected chi connectivity index (χ0v) is 16.1. The molecule has 0 aliphatic carbocycles. The van der Waals surface area contributed by atoms with Gasteiger partial charge in [0, 0.05) is 27.2 Å². The highest BCUT2D eigenvalue weighted by atomic mass is 16.7. The lowest BCUT2D eigenvalue weighted by Crippen LogP contribution is -2.55. The van der Waals surface area contributed by atoms with Crippen molar-refractivity contribution in [1.29, 1.82) is 0 Å². The molecule has 0 aromatic heterocycles. The summed E-state index contributed by atoms with van der Waals surface area (Å²) in [6.07, 6.45) is 2.63. The number of hydrogen-bond acceptors (Lipinski definition) is 7. The summed E-state index contributed by atoms with van der Waals surface area (Å²) in [7, 11) is 3.03. The van der Waals surface area contributed by atoms with Crippen LogP contribution in [0.4, 0.5) is 4.79 Å². The third-order valence-corrected chi connectivity index (χ3v) is 3.60. The second-order valence-electron chi connectivity index (χ2n) is 7.00. The number of alkyl carbamates (subject to hydrolysis) is 1. The molecule has 8 heteroatoms. The molecule has 148 valence electrons. The smallest absolute Gasteiger partial charge is 0.409 e. The first-order chi connectivity index (χ1) is 11.8. The van der Waals surface area contributed by atoms with Gasteiger partial charge in [0.05, 0.1) is 13.2 Å². The molecule has 1 fully saturated rings. The van der Waals surface area contributed by atoms with Crippen LogP contribution in [-0.2, 0) is 28.4 Å². The van der Waals surface area contributed by atoms with Crippen molar-refractivity contribution in [3.63, 3.8) is 0 Å². The Morgan fingerprint density at radius 3 is 2.56 bits per heavy atom. The Hall–Kier alpha value is -0.930. The summed E-state index contributed by atoms with van der Waals surface area (Å²) in [6, 6.07) is 0. The summed E-state index contributed by atoms with van der Waals surface area (Å²) < 4.78 is 32.5. The Morgan fingerprint density at radius 2 is 2.00 bits per heavy atom. The number of carbonyl (C=O) groups is 1. The van der Waals surface area contributed by atoms with Gasteiger partial charge >= 0.3 is 6.09 Å². The van der Waals surface area contributed by atoms with Gasteiger partial charge in [0.2, 0.25) is 0 Å². The van der Waals surface area contributed by atoms with E-state index in [0.717, 1.165) is 19.3 Å². The third-order valence-electron chi connectivity index (χ3n) is 3.60. The number of carbonyl (C=O) groups excluding carboxylic acids is 1. The number of nitrogens with one attached hydrogen (secondary N) is 1. The summed E-state index contributed by atoms with van der Waals surface area (Å²) in [6.45, 7) is 6.65. The predicted octanol–water partition coefficient (Wildman–Crippen LogP) is 2.41. The highest BCUT2D eigenvalue weighted by molar-refractivity contribution is 5.68. The quantitative estimate of drug-likeness (QED) is 0.471. The van der Waals surface area contributed by atoms with Gasteiger partial charge in [0.25, 0.3) is 0 Å². The zero-order valence-electron chi connectivity index (χ0n) is 16.1. The number of rotatable bonds is 10. The molecule has 25 heavy (non-hydrogen) atoms. The predicted molar refractivity (Wildman–Crippen MR) is 91.1 cm³/mol. The Balaban J connectivity index is 2.59. The molecule has 0 radical (unpaired) electrons. The third kappa shape index (κ3) is 9.37. The minimum absolute atomic E-state index is 0.0910. The van der Waals surface area contributed by atoms with Gasteiger partial charge in [0.15, 0.2) is 12.0 Å². The Kier molecular flexibility index (Phi) is 9.66. The summed E-state index contributed by atoms with van der Waals surface area (Å²) >= 11 is 0. The standard InChI is InChI=1S/C17H33NO7/c1-16(2,3)25-15(19)18-17(21-5,12-22-13-20-4)9-11-24-14-8-6-7-10-23-14/h14H,6-13H2,1-5H3,(H,18,19). The maximum Gasteiger partial charge on any atom is 0.409 e. The van der Waals surface area contributed by atoms with Crippen molar-refractivity contribution in [1.82, 2.24) is 5.32 Å². The average molecular weight is 363 g/mol. The summed E-state index contributed by atoms with van der Waals surface area (Å²) in [5.74, 6) is 0. The summed E-state index contributed by atoms with van der Waals surface area (Å²) in [4.78, 5) is 12.2. The molecule has 2 unspecified atom stereocenters. The van der Waals surface area contributed by atoms with Crippen LogP contribution in [0.15, 0.2) is 0 Å². The molecule has 2 atom stereocenters. The van der Waals surface area contributed by atoms with Crippen LogP contribution in [0.5, 0.6) is 0 Å². The minimum Gasteiger partial charge on any atom is -0.444 e. The maximum absolute atomic E-state index is 12.2. The maximum atomic E-state index is 12.2. The van der Waals surface area contributed by atoms with E-state index in [1.54, 1.807) is 20.8 Å². The molecular weight excluding hydrogens is 330 g/mol. The van der Waals surface area contributed by atoms with Gasteiger partial charge in [-0.25, -0.2) is 4.79 Å². The normalized spacial score (nSPS) is 20.8. The molecule has 1 rings (SSSR count). The van der Waals surface area contributed by atoms with Crippen LogP contribution in [-0.4, -0.2) is 64.5 Å². The fourth-order valence-electron chi connectivity index (χ4n) is 2.36. The van der Waals surface area contributed by atoms with Gasteiger partial charge in [-0.1, -0.05) is 0 Å². The first kappa shape index (κ1) is 22.1. The number of ether oxygens (including phenoxy) is 6. The van der Waals surface area contributed by atoms with E-state index in [1.807, 2.05) is 0 Å². The van der Waals surface area contributed by atoms with E-state index in [1.165, 1.54) is 14.2 Å². The zero-order chi connectivity index (χ0) is 18.8. The molecule has 1 saturated heterocycles. The number of amides is 1. The summed E-state index contributed by atoms with van der Waals surface area (Å²) in [5.41, 5.74) is -1.68. The average Bonchev–Trinajstić information content (AvgIpc) is 2.54. The van der Waals surface area contributed by atoms with Gasteiger partial charge < -0.3 is 28.4 Å². The van der Waals surface area contributed by atoms with Gasteiger partial charge in [0.1, 0.15) is 12.4 Å². The van der Waals surface area contributed by atoms with Crippen molar-refractivity contribution in [2.75, 3.05) is 40.8 Å². The Bertz CT molecular complexity index is 380. The van der Waals surface area contributed by atoms with Crippen LogP contribution in [0.2, 0.25) is 0 Å². The van der Waals surface area contributed by atoms with Crippen molar-refractivity contribution in [3.05, 3.63) is 0 Å². The number of methoxy groups -OCH3 is 2. The largest absolute Gasteiger partial charge is 0.444 e. The molecule has 0 aromatic carbocycles. The molecule has 1 amide bonds. The van der Waals surface area contributed by atoms with Crippen LogP contribution in [0.1, 0.15) is 46.5 Å². The van der Waals surface area contributed by atoms with Crippen molar-refractivity contribution >= 4 is 6.09 Å². The monoisotopic (exact) mass is 363 g/mol. The van der Waals surface area contributed by atoms with E-state index in [-0.39, 0.29) is 19.7 Å². The van der Waals surface area contributed by atoms with Crippen LogP contribution in [0, 0.1) is 0 Å². The van der Waals surface area contributed by atoms with Crippen molar-refractivity contribution in [2.45, 2.75) is 64.1 Å². The van der Waals surface area contributed by atoms with Crippen LogP contribution >= 0.6 is 0 Å². The molecule has 1 aliphatic rings. The molecule has 1 N–H and O–H groups in total. The van der Waals surface area contributed by atoms with E-state index >= 15 is 0 Å². The highest BCUT2D eigenvalue weighted by Gasteiger charge is 2.34. The second kappa shape index (κ2) is 10.9. The van der Waals surface area contributed by atoms with E-state index in [0.29, 0.717) is 19.6 Å². The Morgan fingerprint density at radius 1 is 1.24 bits per heavy atom. The fraction of sp³-hybridized carbons (Fsp3) is 0.941. The molecule has 0 aromatic rings. The lowest BCUT2D eigenvalue weighted by molar-refractivity contribution is -0.182. The van der Waals surface area contributed by atoms with Crippen LogP contribution in [0.3, 0.4) is 0 Å². The van der Waals surface area contributed by atoms with E-state index in [2.05, 4.69) is 5.32 Å². The lowest BCUT2D eigenvalue weighted by atomic mass is 10.1. The molecule has 1 heterocycles. The van der Waals surface area contributed by atoms with Gasteiger partial charge in [-0.2, -0.15) is 0 Å². The van der Waals surface area contributed by atoms with Crippen LogP contribution in [0.25, 0.3) is 0 Å². The fourth-order valence-corrected chi connectivity index (χ4v) is 2.36. The van der Waals surface area contributed by atoms with Gasteiger partial charge in [-0.3, -0.25) is 5.32 Å². The van der Waals surface area contributed by atoms with Gasteiger partial charge in [-0.05, 0) is 40.0 Å². The van der Waals surface area contributed by atoms with Crippen LogP contribution < -0.4 is 5.32 Å². The van der Waals surface area contributed by atoms with Gasteiger partial charge in [-0.15, -0.1) is 0 Å². The van der Waals surface area contributed by atoms with E-state index in [9.17, 15) is 4.79 Å². The Labute approximate surface area is 150 Å².